The lowest BCUT2D eigenvalue weighted by Gasteiger charge is -2.25. The summed E-state index contributed by atoms with van der Waals surface area (Å²) in [6, 6.07) is 51.4. The van der Waals surface area contributed by atoms with E-state index in [0.29, 0.717) is 0 Å². The number of pyridine rings is 2. The Labute approximate surface area is 279 Å². The number of para-hydroxylation sites is 1. The average molecular weight is 659 g/mol. The smallest absolute Gasteiger partial charge is 0.0715 e. The van der Waals surface area contributed by atoms with Crippen LogP contribution in [0.2, 0.25) is 0 Å². The van der Waals surface area contributed by atoms with Crippen LogP contribution in [0.25, 0.3) is 44.8 Å². The fourth-order valence-corrected chi connectivity index (χ4v) is 6.17. The zero-order valence-corrected chi connectivity index (χ0v) is 27.3. The Kier molecular flexibility index (Phi) is 8.28. The zero-order valence-electron chi connectivity index (χ0n) is 25.7. The fourth-order valence-electron chi connectivity index (χ4n) is 5.68. The second kappa shape index (κ2) is 13.0. The predicted octanol–water partition coefficient (Wildman–Crippen LogP) is 12.0. The quantitative estimate of drug-likeness (QED) is 0.171. The SMILES string of the molecule is Cc1ccc(-c2cc(-c3cc(Br)cc(-c4ccc(N(c5ccccc5)c5cccnc5)cc4)c3)cc(-c3ccc(C)cc3)n2)cc1. The minimum atomic E-state index is 0.954. The van der Waals surface area contributed by atoms with E-state index in [1.165, 1.54) is 11.1 Å². The van der Waals surface area contributed by atoms with Gasteiger partial charge in [0.05, 0.1) is 23.3 Å². The van der Waals surface area contributed by atoms with E-state index in [9.17, 15) is 0 Å². The van der Waals surface area contributed by atoms with Gasteiger partial charge in [-0.25, -0.2) is 4.98 Å². The van der Waals surface area contributed by atoms with Gasteiger partial charge in [-0.2, -0.15) is 0 Å². The van der Waals surface area contributed by atoms with Crippen molar-refractivity contribution in [3.8, 4) is 44.8 Å². The molecule has 222 valence electrons. The Hall–Kier alpha value is -5.32. The third kappa shape index (κ3) is 6.39. The predicted molar refractivity (Wildman–Crippen MR) is 196 cm³/mol. The van der Waals surface area contributed by atoms with Crippen LogP contribution in [0.15, 0.2) is 162 Å². The van der Waals surface area contributed by atoms with E-state index < -0.39 is 0 Å². The Morgan fingerprint density at radius 2 is 0.957 bits per heavy atom. The van der Waals surface area contributed by atoms with Gasteiger partial charge in [0.25, 0.3) is 0 Å². The van der Waals surface area contributed by atoms with Gasteiger partial charge in [-0.05, 0) is 103 Å². The van der Waals surface area contributed by atoms with Crippen LogP contribution >= 0.6 is 15.9 Å². The van der Waals surface area contributed by atoms with Gasteiger partial charge in [0.2, 0.25) is 0 Å². The lowest BCUT2D eigenvalue weighted by molar-refractivity contribution is 1.23. The lowest BCUT2D eigenvalue weighted by atomic mass is 9.96. The van der Waals surface area contributed by atoms with Gasteiger partial charge < -0.3 is 4.90 Å². The molecule has 7 rings (SSSR count). The van der Waals surface area contributed by atoms with Crippen molar-refractivity contribution in [1.82, 2.24) is 9.97 Å². The molecule has 0 saturated heterocycles. The molecule has 2 heterocycles. The van der Waals surface area contributed by atoms with E-state index in [2.05, 4.69) is 173 Å². The van der Waals surface area contributed by atoms with Crippen molar-refractivity contribution in [3.63, 3.8) is 0 Å². The van der Waals surface area contributed by atoms with Gasteiger partial charge >= 0.3 is 0 Å². The summed E-state index contributed by atoms with van der Waals surface area (Å²) in [4.78, 5) is 11.7. The van der Waals surface area contributed by atoms with Crippen LogP contribution in [0.5, 0.6) is 0 Å². The maximum atomic E-state index is 5.12. The highest BCUT2D eigenvalue weighted by atomic mass is 79.9. The molecular weight excluding hydrogens is 626 g/mol. The van der Waals surface area contributed by atoms with E-state index in [0.717, 1.165) is 66.3 Å². The number of rotatable bonds is 7. The first-order valence-electron chi connectivity index (χ1n) is 15.3. The number of aromatic nitrogens is 2. The van der Waals surface area contributed by atoms with Crippen LogP contribution in [0.3, 0.4) is 0 Å². The molecule has 3 nitrogen and oxygen atoms in total. The van der Waals surface area contributed by atoms with E-state index in [4.69, 9.17) is 4.98 Å². The van der Waals surface area contributed by atoms with Crippen LogP contribution < -0.4 is 4.90 Å². The van der Waals surface area contributed by atoms with E-state index in [1.807, 2.05) is 18.3 Å². The molecule has 0 fully saturated rings. The van der Waals surface area contributed by atoms with Gasteiger partial charge in [0.15, 0.2) is 0 Å². The van der Waals surface area contributed by atoms with Gasteiger partial charge in [0, 0.05) is 33.2 Å². The number of hydrogen-bond acceptors (Lipinski definition) is 3. The summed E-state index contributed by atoms with van der Waals surface area (Å²) in [6.07, 6.45) is 3.70. The van der Waals surface area contributed by atoms with E-state index >= 15 is 0 Å². The molecule has 0 aliphatic rings. The molecule has 46 heavy (non-hydrogen) atoms. The summed E-state index contributed by atoms with van der Waals surface area (Å²) in [7, 11) is 0. The number of aryl methyl sites for hydroxylation is 2. The highest BCUT2D eigenvalue weighted by molar-refractivity contribution is 9.10. The third-order valence-electron chi connectivity index (χ3n) is 8.13. The molecule has 0 radical (unpaired) electrons. The third-order valence-corrected chi connectivity index (χ3v) is 8.59. The summed E-state index contributed by atoms with van der Waals surface area (Å²) in [5.41, 5.74) is 14.2. The lowest BCUT2D eigenvalue weighted by Crippen LogP contribution is -2.09. The molecule has 7 aromatic rings. The number of hydrogen-bond donors (Lipinski definition) is 0. The van der Waals surface area contributed by atoms with Crippen molar-refractivity contribution in [2.75, 3.05) is 4.90 Å². The first kappa shape index (κ1) is 29.4. The molecule has 0 amide bonds. The summed E-state index contributed by atoms with van der Waals surface area (Å²) >= 11 is 3.82. The van der Waals surface area contributed by atoms with Gasteiger partial charge in [-0.1, -0.05) is 106 Å². The van der Waals surface area contributed by atoms with Crippen molar-refractivity contribution in [1.29, 1.82) is 0 Å². The standard InChI is InChI=1S/C42H32BrN3/c1-29-10-14-32(15-11-29)41-26-36(27-42(45-41)33-16-12-30(2)13-17-33)35-23-34(24-37(43)25-35)31-18-20-39(21-19-31)46(38-7-4-3-5-8-38)40-9-6-22-44-28-40/h3-28H,1-2H3. The molecule has 0 aliphatic heterocycles. The number of anilines is 3. The van der Waals surface area contributed by atoms with Crippen LogP contribution in [-0.4, -0.2) is 9.97 Å². The molecule has 4 heteroatoms. The monoisotopic (exact) mass is 657 g/mol. The maximum absolute atomic E-state index is 5.12. The zero-order chi connectivity index (χ0) is 31.5. The van der Waals surface area contributed by atoms with Crippen molar-refractivity contribution >= 4 is 33.0 Å². The highest BCUT2D eigenvalue weighted by Gasteiger charge is 2.14. The molecule has 0 unspecified atom stereocenters. The van der Waals surface area contributed by atoms with Crippen molar-refractivity contribution in [2.24, 2.45) is 0 Å². The molecule has 0 aliphatic carbocycles. The minimum Gasteiger partial charge on any atom is -0.309 e. The molecular formula is C42H32BrN3. The summed E-state index contributed by atoms with van der Waals surface area (Å²) in [5.74, 6) is 0. The second-order valence-electron chi connectivity index (χ2n) is 11.5. The largest absolute Gasteiger partial charge is 0.309 e. The highest BCUT2D eigenvalue weighted by Crippen LogP contribution is 2.37. The Morgan fingerprint density at radius 1 is 0.457 bits per heavy atom. The van der Waals surface area contributed by atoms with Crippen LogP contribution in [0.4, 0.5) is 17.1 Å². The topological polar surface area (TPSA) is 29.0 Å². The second-order valence-corrected chi connectivity index (χ2v) is 12.4. The summed E-state index contributed by atoms with van der Waals surface area (Å²) in [5, 5.41) is 0. The van der Waals surface area contributed by atoms with Gasteiger partial charge in [-0.3, -0.25) is 4.98 Å². The normalized spacial score (nSPS) is 10.9. The first-order valence-corrected chi connectivity index (χ1v) is 16.1. The summed E-state index contributed by atoms with van der Waals surface area (Å²) < 4.78 is 1.02. The molecule has 0 spiro atoms. The Morgan fingerprint density at radius 3 is 1.52 bits per heavy atom. The first-order chi connectivity index (χ1) is 22.5. The molecule has 2 aromatic heterocycles. The Bertz CT molecular complexity index is 1990. The number of halogens is 1. The maximum Gasteiger partial charge on any atom is 0.0715 e. The van der Waals surface area contributed by atoms with Crippen LogP contribution in [-0.2, 0) is 0 Å². The average Bonchev–Trinajstić information content (AvgIpc) is 3.10. The molecule has 0 bridgehead atoms. The fraction of sp³-hybridized carbons (Fsp3) is 0.0476. The summed E-state index contributed by atoms with van der Waals surface area (Å²) in [6.45, 7) is 4.22. The molecule has 0 atom stereocenters. The van der Waals surface area contributed by atoms with Crippen molar-refractivity contribution in [2.45, 2.75) is 13.8 Å². The minimum absolute atomic E-state index is 0.954. The van der Waals surface area contributed by atoms with Crippen molar-refractivity contribution in [3.05, 3.63) is 174 Å². The number of benzene rings is 5. The molecule has 5 aromatic carbocycles. The number of nitrogens with zero attached hydrogens (tertiary/aromatic N) is 3. The van der Waals surface area contributed by atoms with Gasteiger partial charge in [0.1, 0.15) is 0 Å². The van der Waals surface area contributed by atoms with Crippen molar-refractivity contribution < 1.29 is 0 Å². The molecule has 0 saturated carbocycles. The van der Waals surface area contributed by atoms with Gasteiger partial charge in [-0.15, -0.1) is 0 Å². The van der Waals surface area contributed by atoms with Crippen LogP contribution in [0, 0.1) is 13.8 Å². The van der Waals surface area contributed by atoms with E-state index in [1.54, 1.807) is 6.20 Å². The van der Waals surface area contributed by atoms with Crippen LogP contribution in [0.1, 0.15) is 11.1 Å². The van der Waals surface area contributed by atoms with E-state index in [-0.39, 0.29) is 0 Å². The molecule has 0 N–H and O–H groups in total. The Balaban J connectivity index is 1.29.